The van der Waals surface area contributed by atoms with Crippen LogP contribution in [0.1, 0.15) is 32.8 Å². The molecule has 1 atom stereocenters. The molecule has 3 aromatic carbocycles. The normalized spacial score (nSPS) is 15.2. The number of anilines is 1. The highest BCUT2D eigenvalue weighted by molar-refractivity contribution is 8.00. The van der Waals surface area contributed by atoms with Crippen molar-refractivity contribution in [3.63, 3.8) is 0 Å². The molecule has 1 aliphatic rings. The smallest absolute Gasteiger partial charge is 0.330 e. The number of carbonyl (C=O) groups is 1. The first-order valence-electron chi connectivity index (χ1n) is 14.4. The zero-order valence-electron chi connectivity index (χ0n) is 26.1. The molecule has 0 amide bonds. The lowest BCUT2D eigenvalue weighted by atomic mass is 9.97. The number of halogens is 2. The predicted molar refractivity (Wildman–Crippen MR) is 175 cm³/mol. The Hall–Kier alpha value is -3.80. The Kier molecular flexibility index (Phi) is 9.91. The third-order valence-electron chi connectivity index (χ3n) is 7.43. The summed E-state index contributed by atoms with van der Waals surface area (Å²) in [4.78, 5) is 28.0. The highest BCUT2D eigenvalue weighted by Crippen LogP contribution is 2.43. The molecule has 1 aromatic heterocycles. The minimum Gasteiger partial charge on any atom is -0.496 e. The van der Waals surface area contributed by atoms with E-state index < -0.39 is 11.2 Å². The Labute approximate surface area is 271 Å². The molecule has 4 aromatic rings. The van der Waals surface area contributed by atoms with Gasteiger partial charge in [-0.2, -0.15) is 0 Å². The first kappa shape index (κ1) is 32.6. The molecule has 12 heteroatoms. The van der Waals surface area contributed by atoms with Crippen LogP contribution >= 0.6 is 23.4 Å². The standard InChI is InChI=1S/C33H36ClFN4O5S/c1-33(2,3)32(40)44-39-12-11-21(17-39)45-28-14-22-25(15-27(28)42-5)37-18-38-31(22)36-16-20-8-10-26(41-4)30(43-6)29(20)19-7-9-24(35)23(34)13-19/h7-10,13-15,18,21H,11-12,16-17H2,1-6H3,(H,36,37,38). The fourth-order valence-electron chi connectivity index (χ4n) is 5.03. The monoisotopic (exact) mass is 654 g/mol. The number of fused-ring (bicyclic) bond motifs is 1. The van der Waals surface area contributed by atoms with E-state index in [0.717, 1.165) is 33.3 Å². The van der Waals surface area contributed by atoms with Gasteiger partial charge in [0.2, 0.25) is 0 Å². The second kappa shape index (κ2) is 13.7. The summed E-state index contributed by atoms with van der Waals surface area (Å²) in [6.45, 7) is 7.17. The van der Waals surface area contributed by atoms with E-state index in [-0.39, 0.29) is 16.2 Å². The van der Waals surface area contributed by atoms with Gasteiger partial charge >= 0.3 is 5.97 Å². The molecule has 1 aliphatic heterocycles. The summed E-state index contributed by atoms with van der Waals surface area (Å²) in [6, 6.07) is 12.2. The van der Waals surface area contributed by atoms with Crippen LogP contribution in [0.4, 0.5) is 10.2 Å². The highest BCUT2D eigenvalue weighted by atomic mass is 35.5. The number of hydrogen-bond donors (Lipinski definition) is 1. The molecule has 1 N–H and O–H groups in total. The van der Waals surface area contributed by atoms with Gasteiger partial charge in [-0.05, 0) is 62.6 Å². The van der Waals surface area contributed by atoms with Crippen molar-refractivity contribution in [2.24, 2.45) is 5.41 Å². The van der Waals surface area contributed by atoms with Crippen molar-refractivity contribution < 1.29 is 28.2 Å². The first-order valence-corrected chi connectivity index (χ1v) is 15.7. The number of thioether (sulfide) groups is 1. The Bertz CT molecular complexity index is 1720. The molecule has 0 bridgehead atoms. The lowest BCUT2D eigenvalue weighted by Gasteiger charge is -2.22. The van der Waals surface area contributed by atoms with Gasteiger partial charge in [-0.1, -0.05) is 23.7 Å². The largest absolute Gasteiger partial charge is 0.496 e. The zero-order chi connectivity index (χ0) is 32.3. The van der Waals surface area contributed by atoms with E-state index in [1.807, 2.05) is 45.0 Å². The number of ether oxygens (including phenoxy) is 3. The van der Waals surface area contributed by atoms with Gasteiger partial charge in [0.25, 0.3) is 0 Å². The van der Waals surface area contributed by atoms with E-state index in [4.69, 9.17) is 30.6 Å². The highest BCUT2D eigenvalue weighted by Gasteiger charge is 2.31. The fraction of sp³-hybridized carbons (Fsp3) is 0.364. The third kappa shape index (κ3) is 7.21. The zero-order valence-corrected chi connectivity index (χ0v) is 27.6. The first-order chi connectivity index (χ1) is 21.5. The third-order valence-corrected chi connectivity index (χ3v) is 9.01. The molecular formula is C33H36ClFN4O5S. The van der Waals surface area contributed by atoms with Crippen molar-refractivity contribution in [3.8, 4) is 28.4 Å². The lowest BCUT2D eigenvalue weighted by Crippen LogP contribution is -2.32. The number of hydroxylamine groups is 2. The molecule has 0 spiro atoms. The summed E-state index contributed by atoms with van der Waals surface area (Å²) in [5, 5.41) is 6.23. The van der Waals surface area contributed by atoms with Crippen LogP contribution in [0.2, 0.25) is 5.02 Å². The summed E-state index contributed by atoms with van der Waals surface area (Å²) in [6.07, 6.45) is 2.36. The van der Waals surface area contributed by atoms with Crippen LogP contribution < -0.4 is 19.5 Å². The van der Waals surface area contributed by atoms with Crippen molar-refractivity contribution in [3.05, 3.63) is 65.2 Å². The Morgan fingerprint density at radius 3 is 2.53 bits per heavy atom. The quantitative estimate of drug-likeness (QED) is 0.186. The number of aromatic nitrogens is 2. The van der Waals surface area contributed by atoms with Gasteiger partial charge in [0, 0.05) is 41.9 Å². The van der Waals surface area contributed by atoms with Gasteiger partial charge in [-0.3, -0.25) is 0 Å². The van der Waals surface area contributed by atoms with Crippen LogP contribution in [-0.2, 0) is 16.2 Å². The topological polar surface area (TPSA) is 95.0 Å². The van der Waals surface area contributed by atoms with E-state index in [1.54, 1.807) is 50.3 Å². The number of nitrogens with one attached hydrogen (secondary N) is 1. The van der Waals surface area contributed by atoms with Gasteiger partial charge in [-0.15, -0.1) is 16.8 Å². The second-order valence-electron chi connectivity index (χ2n) is 11.6. The molecule has 2 heterocycles. The average molecular weight is 655 g/mol. The van der Waals surface area contributed by atoms with Gasteiger partial charge < -0.3 is 24.4 Å². The number of hydrogen-bond acceptors (Lipinski definition) is 10. The maximum atomic E-state index is 14.0. The number of carbonyl (C=O) groups excluding carboxylic acids is 1. The van der Waals surface area contributed by atoms with Crippen LogP contribution in [-0.4, -0.2) is 60.7 Å². The van der Waals surface area contributed by atoms with E-state index in [0.29, 0.717) is 48.3 Å². The number of nitrogens with zero attached hydrogens (tertiary/aromatic N) is 3. The maximum Gasteiger partial charge on any atom is 0.330 e. The van der Waals surface area contributed by atoms with E-state index in [1.165, 1.54) is 12.4 Å². The van der Waals surface area contributed by atoms with E-state index >= 15 is 0 Å². The fourth-order valence-corrected chi connectivity index (χ4v) is 6.48. The Morgan fingerprint density at radius 1 is 1.07 bits per heavy atom. The number of benzene rings is 3. The van der Waals surface area contributed by atoms with Gasteiger partial charge in [0.05, 0.1) is 42.2 Å². The van der Waals surface area contributed by atoms with Crippen molar-refractivity contribution >= 4 is 46.1 Å². The molecule has 1 saturated heterocycles. The van der Waals surface area contributed by atoms with Crippen LogP contribution in [0.3, 0.4) is 0 Å². The summed E-state index contributed by atoms with van der Waals surface area (Å²) in [5.74, 6) is 1.64. The molecule has 0 radical (unpaired) electrons. The molecular weight excluding hydrogens is 619 g/mol. The summed E-state index contributed by atoms with van der Waals surface area (Å²) >= 11 is 7.83. The summed E-state index contributed by atoms with van der Waals surface area (Å²) in [7, 11) is 4.76. The average Bonchev–Trinajstić information content (AvgIpc) is 3.46. The molecule has 45 heavy (non-hydrogen) atoms. The van der Waals surface area contributed by atoms with Crippen molar-refractivity contribution in [2.45, 2.75) is 43.9 Å². The SMILES string of the molecule is COc1cc2ncnc(NCc3ccc(OC)c(OC)c3-c3ccc(F)c(Cl)c3)c2cc1SC1CCN(OC(=O)C(C)(C)C)C1. The van der Waals surface area contributed by atoms with Crippen molar-refractivity contribution in [2.75, 3.05) is 39.7 Å². The second-order valence-corrected chi connectivity index (χ2v) is 13.4. The van der Waals surface area contributed by atoms with Crippen LogP contribution in [0.15, 0.2) is 53.7 Å². The minimum atomic E-state index is -0.569. The molecule has 9 nitrogen and oxygen atoms in total. The number of methoxy groups -OCH3 is 3. The van der Waals surface area contributed by atoms with Gasteiger partial charge in [-0.25, -0.2) is 19.2 Å². The van der Waals surface area contributed by atoms with Crippen LogP contribution in [0.5, 0.6) is 17.2 Å². The number of rotatable bonds is 10. The molecule has 5 rings (SSSR count). The molecule has 238 valence electrons. The molecule has 1 unspecified atom stereocenters. The lowest BCUT2D eigenvalue weighted by molar-refractivity contribution is -0.195. The van der Waals surface area contributed by atoms with Crippen LogP contribution in [0, 0.1) is 11.2 Å². The summed E-state index contributed by atoms with van der Waals surface area (Å²) in [5.41, 5.74) is 2.42. The van der Waals surface area contributed by atoms with Gasteiger partial charge in [0.15, 0.2) is 11.5 Å². The van der Waals surface area contributed by atoms with Gasteiger partial charge in [0.1, 0.15) is 23.7 Å². The maximum absolute atomic E-state index is 14.0. The Morgan fingerprint density at radius 2 is 1.84 bits per heavy atom. The van der Waals surface area contributed by atoms with Crippen molar-refractivity contribution in [1.82, 2.24) is 15.0 Å². The molecule has 1 fully saturated rings. The summed E-state index contributed by atoms with van der Waals surface area (Å²) < 4.78 is 31.1. The van der Waals surface area contributed by atoms with E-state index in [9.17, 15) is 9.18 Å². The molecule has 0 saturated carbocycles. The minimum absolute atomic E-state index is 0.00908. The molecule has 0 aliphatic carbocycles. The van der Waals surface area contributed by atoms with Crippen molar-refractivity contribution in [1.29, 1.82) is 0 Å². The van der Waals surface area contributed by atoms with Crippen LogP contribution in [0.25, 0.3) is 22.0 Å². The Balaban J connectivity index is 1.42. The predicted octanol–water partition coefficient (Wildman–Crippen LogP) is 7.40. The van der Waals surface area contributed by atoms with E-state index in [2.05, 4.69) is 15.3 Å².